The molecule has 0 bridgehead atoms. The van der Waals surface area contributed by atoms with Crippen LogP contribution in [0.25, 0.3) is 10.9 Å². The zero-order valence-electron chi connectivity index (χ0n) is 13.9. The van der Waals surface area contributed by atoms with Crippen LogP contribution >= 0.6 is 0 Å². The maximum absolute atomic E-state index is 13.0. The quantitative estimate of drug-likeness (QED) is 0.792. The number of aromatic nitrogens is 1. The molecule has 1 aromatic carbocycles. The van der Waals surface area contributed by atoms with Gasteiger partial charge in [0.25, 0.3) is 0 Å². The van der Waals surface area contributed by atoms with Crippen molar-refractivity contribution >= 4 is 28.5 Å². The third-order valence-electron chi connectivity index (χ3n) is 3.10. The van der Waals surface area contributed by atoms with Crippen LogP contribution in [0.2, 0.25) is 0 Å². The van der Waals surface area contributed by atoms with Crippen molar-refractivity contribution in [2.75, 3.05) is 11.4 Å². The minimum atomic E-state index is -5.14. The van der Waals surface area contributed by atoms with Crippen molar-refractivity contribution in [1.82, 2.24) is 4.98 Å². The number of pyridine rings is 1. The van der Waals surface area contributed by atoms with Gasteiger partial charge in [-0.05, 0) is 32.9 Å². The topological polar surface area (TPSA) is 59.5 Å². The standard InChI is InChI=1S/C17H17F3N2O3/c1-16(2,3)25-13(23)10-22(15(24)17(18,19)20)12-8-4-6-11-7-5-9-21-14(11)12/h4-9H,10H2,1-3H3. The molecular weight excluding hydrogens is 337 g/mol. The number of nitrogens with zero attached hydrogens (tertiary/aromatic N) is 2. The zero-order chi connectivity index (χ0) is 18.8. The molecule has 1 aromatic heterocycles. The molecule has 0 N–H and O–H groups in total. The van der Waals surface area contributed by atoms with Crippen molar-refractivity contribution in [2.45, 2.75) is 32.5 Å². The molecular formula is C17H17F3N2O3. The average Bonchev–Trinajstić information content (AvgIpc) is 2.49. The van der Waals surface area contributed by atoms with Gasteiger partial charge in [-0.25, -0.2) is 0 Å². The summed E-state index contributed by atoms with van der Waals surface area (Å²) in [6, 6.07) is 7.72. The molecule has 0 aliphatic carbocycles. The summed E-state index contributed by atoms with van der Waals surface area (Å²) in [5.41, 5.74) is -0.807. The van der Waals surface area contributed by atoms with Gasteiger partial charge in [-0.1, -0.05) is 18.2 Å². The highest BCUT2D eigenvalue weighted by Crippen LogP contribution is 2.29. The second-order valence-electron chi connectivity index (χ2n) is 6.33. The minimum absolute atomic E-state index is 0.105. The number of esters is 1. The van der Waals surface area contributed by atoms with E-state index >= 15 is 0 Å². The SMILES string of the molecule is CC(C)(C)OC(=O)CN(C(=O)C(F)(F)F)c1cccc2cccnc12. The molecule has 0 saturated heterocycles. The lowest BCUT2D eigenvalue weighted by Crippen LogP contribution is -2.45. The Balaban J connectivity index is 2.48. The molecule has 1 heterocycles. The first kappa shape index (κ1) is 18.7. The summed E-state index contributed by atoms with van der Waals surface area (Å²) >= 11 is 0. The highest BCUT2D eigenvalue weighted by atomic mass is 19.4. The third kappa shape index (κ3) is 4.68. The normalized spacial score (nSPS) is 12.1. The molecule has 0 atom stereocenters. The van der Waals surface area contributed by atoms with E-state index in [1.165, 1.54) is 18.3 Å². The number of halogens is 3. The number of carbonyl (C=O) groups is 2. The maximum Gasteiger partial charge on any atom is 0.471 e. The second kappa shape index (κ2) is 6.70. The number of alkyl halides is 3. The van der Waals surface area contributed by atoms with Crippen LogP contribution in [0, 0.1) is 0 Å². The zero-order valence-corrected chi connectivity index (χ0v) is 13.9. The number of amides is 1. The number of rotatable bonds is 3. The molecule has 0 aliphatic rings. The molecule has 0 unspecified atom stereocenters. The van der Waals surface area contributed by atoms with Gasteiger partial charge in [-0.15, -0.1) is 0 Å². The van der Waals surface area contributed by atoms with Crippen LogP contribution in [0.5, 0.6) is 0 Å². The van der Waals surface area contributed by atoms with E-state index in [0.717, 1.165) is 0 Å². The lowest BCUT2D eigenvalue weighted by atomic mass is 10.1. The van der Waals surface area contributed by atoms with Gasteiger partial charge in [0.2, 0.25) is 0 Å². The number of fused-ring (bicyclic) bond motifs is 1. The van der Waals surface area contributed by atoms with Crippen molar-refractivity contribution in [3.63, 3.8) is 0 Å². The Morgan fingerprint density at radius 2 is 1.76 bits per heavy atom. The molecule has 0 spiro atoms. The molecule has 2 rings (SSSR count). The van der Waals surface area contributed by atoms with E-state index in [4.69, 9.17) is 4.74 Å². The van der Waals surface area contributed by atoms with E-state index in [1.54, 1.807) is 39.0 Å². The Bertz CT molecular complexity index is 792. The van der Waals surface area contributed by atoms with Crippen molar-refractivity contribution in [2.24, 2.45) is 0 Å². The van der Waals surface area contributed by atoms with Crippen molar-refractivity contribution in [3.8, 4) is 0 Å². The number of hydrogen-bond acceptors (Lipinski definition) is 4. The highest BCUT2D eigenvalue weighted by molar-refractivity contribution is 6.06. The molecule has 8 heteroatoms. The van der Waals surface area contributed by atoms with E-state index in [-0.39, 0.29) is 11.2 Å². The Kier molecular flexibility index (Phi) is 5.01. The van der Waals surface area contributed by atoms with Gasteiger partial charge >= 0.3 is 18.1 Å². The number of benzene rings is 1. The van der Waals surface area contributed by atoms with Gasteiger partial charge in [0.05, 0.1) is 11.2 Å². The molecule has 0 aliphatic heterocycles. The van der Waals surface area contributed by atoms with Crippen LogP contribution in [0.1, 0.15) is 20.8 Å². The number of ether oxygens (including phenoxy) is 1. The number of carbonyl (C=O) groups excluding carboxylic acids is 2. The summed E-state index contributed by atoms with van der Waals surface area (Å²) in [7, 11) is 0. The van der Waals surface area contributed by atoms with Crippen molar-refractivity contribution in [3.05, 3.63) is 36.5 Å². The lowest BCUT2D eigenvalue weighted by molar-refractivity contribution is -0.171. The Labute approximate surface area is 142 Å². The van der Waals surface area contributed by atoms with Crippen LogP contribution in [0.4, 0.5) is 18.9 Å². The van der Waals surface area contributed by atoms with Crippen molar-refractivity contribution in [1.29, 1.82) is 0 Å². The van der Waals surface area contributed by atoms with Gasteiger partial charge in [-0.2, -0.15) is 13.2 Å². The monoisotopic (exact) mass is 354 g/mol. The average molecular weight is 354 g/mol. The number of anilines is 1. The molecule has 0 radical (unpaired) electrons. The Morgan fingerprint density at radius 3 is 2.36 bits per heavy atom. The van der Waals surface area contributed by atoms with Crippen molar-refractivity contribution < 1.29 is 27.5 Å². The smallest absolute Gasteiger partial charge is 0.459 e. The van der Waals surface area contributed by atoms with Crippen LogP contribution in [-0.2, 0) is 14.3 Å². The highest BCUT2D eigenvalue weighted by Gasteiger charge is 2.44. The largest absolute Gasteiger partial charge is 0.471 e. The van der Waals surface area contributed by atoms with E-state index in [0.29, 0.717) is 10.3 Å². The Hall–Kier alpha value is -2.64. The van der Waals surface area contributed by atoms with Crippen LogP contribution in [0.15, 0.2) is 36.5 Å². The van der Waals surface area contributed by atoms with Gasteiger partial charge < -0.3 is 4.74 Å². The summed E-state index contributed by atoms with van der Waals surface area (Å²) in [6.07, 6.45) is -3.74. The van der Waals surface area contributed by atoms with E-state index < -0.39 is 30.2 Å². The fourth-order valence-electron chi connectivity index (χ4n) is 2.23. The predicted octanol–water partition coefficient (Wildman–Crippen LogP) is 3.47. The van der Waals surface area contributed by atoms with Gasteiger partial charge in [0.1, 0.15) is 12.1 Å². The number of hydrogen-bond donors (Lipinski definition) is 0. The molecule has 134 valence electrons. The molecule has 25 heavy (non-hydrogen) atoms. The third-order valence-corrected chi connectivity index (χ3v) is 3.10. The van der Waals surface area contributed by atoms with E-state index in [1.807, 2.05) is 0 Å². The predicted molar refractivity (Wildman–Crippen MR) is 86.0 cm³/mol. The minimum Gasteiger partial charge on any atom is -0.459 e. The lowest BCUT2D eigenvalue weighted by Gasteiger charge is -2.26. The van der Waals surface area contributed by atoms with Gasteiger partial charge in [0, 0.05) is 11.6 Å². The first-order valence-electron chi connectivity index (χ1n) is 7.43. The van der Waals surface area contributed by atoms with Gasteiger partial charge in [-0.3, -0.25) is 19.5 Å². The summed E-state index contributed by atoms with van der Waals surface area (Å²) in [6.45, 7) is 3.88. The summed E-state index contributed by atoms with van der Waals surface area (Å²) in [5, 5.41) is 0.546. The van der Waals surface area contributed by atoms with E-state index in [2.05, 4.69) is 4.98 Å². The summed E-state index contributed by atoms with van der Waals surface area (Å²) in [4.78, 5) is 28.3. The first-order chi connectivity index (χ1) is 11.5. The molecule has 1 amide bonds. The van der Waals surface area contributed by atoms with Crippen LogP contribution in [0.3, 0.4) is 0 Å². The van der Waals surface area contributed by atoms with Crippen LogP contribution in [-0.4, -0.2) is 35.2 Å². The second-order valence-corrected chi connectivity index (χ2v) is 6.33. The fraction of sp³-hybridized carbons (Fsp3) is 0.353. The first-order valence-corrected chi connectivity index (χ1v) is 7.43. The van der Waals surface area contributed by atoms with E-state index in [9.17, 15) is 22.8 Å². The Morgan fingerprint density at radius 1 is 1.12 bits per heavy atom. The molecule has 0 fully saturated rings. The van der Waals surface area contributed by atoms with Crippen LogP contribution < -0.4 is 4.90 Å². The summed E-state index contributed by atoms with van der Waals surface area (Å²) < 4.78 is 44.1. The molecule has 5 nitrogen and oxygen atoms in total. The molecule has 2 aromatic rings. The number of para-hydroxylation sites is 1. The summed E-state index contributed by atoms with van der Waals surface area (Å²) in [5.74, 6) is -3.10. The maximum atomic E-state index is 13.0. The van der Waals surface area contributed by atoms with Gasteiger partial charge in [0.15, 0.2) is 0 Å². The fourth-order valence-corrected chi connectivity index (χ4v) is 2.23. The molecule has 0 saturated carbocycles.